The largest absolute Gasteiger partial charge is 0.380 e. The third-order valence-corrected chi connectivity index (χ3v) is 0.965. The molecule has 1 heterocycles. The van der Waals surface area contributed by atoms with Crippen molar-refractivity contribution in [2.75, 3.05) is 13.2 Å². The molecule has 0 radical (unpaired) electrons. The zero-order chi connectivity index (χ0) is 4.41. The summed E-state index contributed by atoms with van der Waals surface area (Å²) < 4.78 is 4.93. The summed E-state index contributed by atoms with van der Waals surface area (Å²) in [5.41, 5.74) is 5.41. The molecule has 1 rings (SSSR count). The van der Waals surface area contributed by atoms with Crippen molar-refractivity contribution in [1.82, 2.24) is 0 Å². The van der Waals surface area contributed by atoms with Crippen LogP contribution in [0.25, 0.3) is 0 Å². The highest BCUT2D eigenvalue weighted by molar-refractivity contribution is 5.85. The summed E-state index contributed by atoms with van der Waals surface area (Å²) in [5, 5.41) is 0. The van der Waals surface area contributed by atoms with Crippen LogP contribution in [0.5, 0.6) is 0 Å². The smallest absolute Gasteiger partial charge is 0.0618 e. The summed E-state index contributed by atoms with van der Waals surface area (Å²) in [6.07, 6.45) is 1.04. The van der Waals surface area contributed by atoms with Crippen LogP contribution >= 0.6 is 24.8 Å². The molecule has 0 spiro atoms. The number of hydrogen-bond donors (Lipinski definition) is 1. The Labute approximate surface area is 61.6 Å². The van der Waals surface area contributed by atoms with Crippen LogP contribution in [0, 0.1) is 0 Å². The van der Waals surface area contributed by atoms with Crippen LogP contribution < -0.4 is 5.73 Å². The van der Waals surface area contributed by atoms with E-state index in [1.165, 1.54) is 0 Å². The van der Waals surface area contributed by atoms with Crippen molar-refractivity contribution >= 4 is 24.8 Å². The molecule has 0 aromatic rings. The van der Waals surface area contributed by atoms with Crippen LogP contribution in [0.1, 0.15) is 6.42 Å². The third kappa shape index (κ3) is 3.50. The van der Waals surface area contributed by atoms with Gasteiger partial charge in [-0.15, -0.1) is 24.8 Å². The lowest BCUT2D eigenvalue weighted by Crippen LogP contribution is -2.18. The van der Waals surface area contributed by atoms with E-state index in [9.17, 15) is 0 Å². The molecule has 0 unspecified atom stereocenters. The maximum atomic E-state index is 5.41. The van der Waals surface area contributed by atoms with Gasteiger partial charge in [0.15, 0.2) is 0 Å². The molecule has 0 aromatic heterocycles. The fourth-order valence-corrected chi connectivity index (χ4v) is 0.553. The Morgan fingerprint density at radius 3 is 2.12 bits per heavy atom. The first-order chi connectivity index (χ1) is 2.89. The van der Waals surface area contributed by atoms with Gasteiger partial charge in [0.2, 0.25) is 0 Å². The van der Waals surface area contributed by atoms with Gasteiger partial charge >= 0.3 is 0 Å². The van der Waals surface area contributed by atoms with Gasteiger partial charge in [-0.3, -0.25) is 0 Å². The van der Waals surface area contributed by atoms with Crippen LogP contribution in [0.4, 0.5) is 0 Å². The average molecular weight is 160 g/mol. The highest BCUT2D eigenvalue weighted by Gasteiger charge is 2.07. The summed E-state index contributed by atoms with van der Waals surface area (Å²) in [6.45, 7) is 1.63. The number of hydrogen-bond acceptors (Lipinski definition) is 2. The van der Waals surface area contributed by atoms with Gasteiger partial charge in [-0.05, 0) is 6.42 Å². The summed E-state index contributed by atoms with van der Waals surface area (Å²) >= 11 is 0. The standard InChI is InChI=1S/C4H9NO.2ClH/c5-4-1-2-6-3-4;;/h4H,1-3,5H2;2*1H/t4-;;/m0../s1. The van der Waals surface area contributed by atoms with Gasteiger partial charge in [-0.1, -0.05) is 0 Å². The van der Waals surface area contributed by atoms with Crippen molar-refractivity contribution in [2.24, 2.45) is 5.73 Å². The summed E-state index contributed by atoms with van der Waals surface area (Å²) in [7, 11) is 0. The first kappa shape index (κ1) is 11.3. The summed E-state index contributed by atoms with van der Waals surface area (Å²) in [5.74, 6) is 0. The topological polar surface area (TPSA) is 35.2 Å². The molecule has 1 atom stereocenters. The van der Waals surface area contributed by atoms with E-state index in [2.05, 4.69) is 0 Å². The van der Waals surface area contributed by atoms with Crippen LogP contribution in [0.2, 0.25) is 0 Å². The second kappa shape index (κ2) is 5.63. The van der Waals surface area contributed by atoms with Crippen LogP contribution in [-0.2, 0) is 4.74 Å². The highest BCUT2D eigenvalue weighted by atomic mass is 35.5. The predicted octanol–water partition coefficient (Wildman–Crippen LogP) is 0.578. The Morgan fingerprint density at radius 1 is 1.38 bits per heavy atom. The van der Waals surface area contributed by atoms with Gasteiger partial charge in [0.05, 0.1) is 6.61 Å². The molecule has 1 aliphatic rings. The number of ether oxygens (including phenoxy) is 1. The molecule has 0 bridgehead atoms. The lowest BCUT2D eigenvalue weighted by Gasteiger charge is -1.90. The monoisotopic (exact) mass is 159 g/mol. The molecule has 1 aliphatic heterocycles. The van der Waals surface area contributed by atoms with Crippen LogP contribution in [-0.4, -0.2) is 19.3 Å². The first-order valence-corrected chi connectivity index (χ1v) is 2.23. The lowest BCUT2D eigenvalue weighted by molar-refractivity contribution is 0.194. The van der Waals surface area contributed by atoms with Gasteiger partial charge in [0, 0.05) is 12.6 Å². The molecule has 52 valence electrons. The van der Waals surface area contributed by atoms with Crippen molar-refractivity contribution in [2.45, 2.75) is 12.5 Å². The Bertz CT molecular complexity index is 47.3. The van der Waals surface area contributed by atoms with Gasteiger partial charge in [-0.25, -0.2) is 0 Å². The van der Waals surface area contributed by atoms with Gasteiger partial charge in [0.1, 0.15) is 0 Å². The molecular formula is C4H11Cl2NO. The maximum Gasteiger partial charge on any atom is 0.0618 e. The average Bonchev–Trinajstić information content (AvgIpc) is 1.86. The van der Waals surface area contributed by atoms with E-state index in [0.717, 1.165) is 19.6 Å². The molecule has 2 N–H and O–H groups in total. The number of nitrogens with two attached hydrogens (primary N) is 1. The zero-order valence-electron chi connectivity index (χ0n) is 4.50. The molecule has 4 heteroatoms. The summed E-state index contributed by atoms with van der Waals surface area (Å²) in [4.78, 5) is 0. The second-order valence-corrected chi connectivity index (χ2v) is 1.62. The molecule has 8 heavy (non-hydrogen) atoms. The molecule has 1 saturated heterocycles. The van der Waals surface area contributed by atoms with E-state index in [0.29, 0.717) is 6.04 Å². The van der Waals surface area contributed by atoms with Crippen molar-refractivity contribution in [3.05, 3.63) is 0 Å². The predicted molar refractivity (Wildman–Crippen MR) is 37.9 cm³/mol. The molecule has 0 aliphatic carbocycles. The second-order valence-electron chi connectivity index (χ2n) is 1.62. The molecule has 0 saturated carbocycles. The Kier molecular flexibility index (Phi) is 7.97. The van der Waals surface area contributed by atoms with Crippen molar-refractivity contribution in [3.8, 4) is 0 Å². The Morgan fingerprint density at radius 2 is 2.00 bits per heavy atom. The van der Waals surface area contributed by atoms with Crippen LogP contribution in [0.15, 0.2) is 0 Å². The Balaban J connectivity index is 0. The number of rotatable bonds is 0. The Hall–Kier alpha value is 0.500. The maximum absolute atomic E-state index is 5.41. The molecule has 1 fully saturated rings. The molecule has 0 amide bonds. The fourth-order valence-electron chi connectivity index (χ4n) is 0.553. The summed E-state index contributed by atoms with van der Waals surface area (Å²) in [6, 6.07) is 0.324. The van der Waals surface area contributed by atoms with E-state index in [1.54, 1.807) is 0 Å². The lowest BCUT2D eigenvalue weighted by atomic mass is 10.3. The first-order valence-electron chi connectivity index (χ1n) is 2.23. The van der Waals surface area contributed by atoms with Crippen LogP contribution in [0.3, 0.4) is 0 Å². The zero-order valence-corrected chi connectivity index (χ0v) is 6.13. The minimum absolute atomic E-state index is 0. The van der Waals surface area contributed by atoms with E-state index >= 15 is 0 Å². The normalized spacial score (nSPS) is 25.9. The quantitative estimate of drug-likeness (QED) is 0.562. The number of halogens is 2. The van der Waals surface area contributed by atoms with Gasteiger partial charge in [-0.2, -0.15) is 0 Å². The van der Waals surface area contributed by atoms with Crippen molar-refractivity contribution in [1.29, 1.82) is 0 Å². The SMILES string of the molecule is Cl.Cl.N[C@H]1CCOC1. The minimum atomic E-state index is 0. The fraction of sp³-hybridized carbons (Fsp3) is 1.00. The van der Waals surface area contributed by atoms with Crippen molar-refractivity contribution in [3.63, 3.8) is 0 Å². The van der Waals surface area contributed by atoms with E-state index in [-0.39, 0.29) is 24.8 Å². The van der Waals surface area contributed by atoms with E-state index in [1.807, 2.05) is 0 Å². The molecule has 2 nitrogen and oxygen atoms in total. The van der Waals surface area contributed by atoms with Gasteiger partial charge in [0.25, 0.3) is 0 Å². The van der Waals surface area contributed by atoms with Crippen molar-refractivity contribution < 1.29 is 4.74 Å². The third-order valence-electron chi connectivity index (χ3n) is 0.965. The van der Waals surface area contributed by atoms with Gasteiger partial charge < -0.3 is 10.5 Å². The van der Waals surface area contributed by atoms with E-state index in [4.69, 9.17) is 10.5 Å². The van der Waals surface area contributed by atoms with E-state index < -0.39 is 0 Å². The molecular weight excluding hydrogens is 149 g/mol. The highest BCUT2D eigenvalue weighted by Crippen LogP contribution is 1.98. The minimum Gasteiger partial charge on any atom is -0.380 e. The molecule has 0 aromatic carbocycles.